The number of carbonyl (C=O) groups is 1. The van der Waals surface area contributed by atoms with Crippen molar-refractivity contribution in [2.75, 3.05) is 14.1 Å². The third-order valence-corrected chi connectivity index (χ3v) is 10.8. The Morgan fingerprint density at radius 3 is 1.60 bits per heavy atom. The van der Waals surface area contributed by atoms with E-state index in [1.165, 1.54) is 11.1 Å². The number of thiol groups is 1. The van der Waals surface area contributed by atoms with Crippen LogP contribution >= 0.6 is 24.8 Å². The van der Waals surface area contributed by atoms with Gasteiger partial charge in [0.1, 0.15) is 39.9 Å². The molecular formula is C40H41N5O3S2. The second-order valence-electron chi connectivity index (χ2n) is 13.3. The van der Waals surface area contributed by atoms with Gasteiger partial charge in [-0.2, -0.15) is 0 Å². The standard InChI is InChI=1S/C21H23N3OS.C19H18N2O2S/c1-13-22-19-17(24(13)4)12-16(21(26)23(2)3)15-10-11-18(25-20(15)19)14-8-6-5-7-9-14;1-11-20-17-15(21(11)2)10-14(19(22)24)13-8-9-16(23-18(13)17)12-6-4-3-5-7-12/h5-9,12,18H,10-11H2,1-4H3;3-7,10,16H,8-9H2,1-2H3,(H,22,24)/t18-;/m0./s1. The Balaban J connectivity index is 0.000000157. The van der Waals surface area contributed by atoms with Crippen LogP contribution in [0.5, 0.6) is 11.5 Å². The number of hydrogen-bond acceptors (Lipinski definition) is 6. The van der Waals surface area contributed by atoms with Crippen molar-refractivity contribution in [3.8, 4) is 11.5 Å². The number of aryl methyl sites for hydroxylation is 4. The third-order valence-electron chi connectivity index (χ3n) is 9.96. The molecule has 2 aromatic heterocycles. The van der Waals surface area contributed by atoms with Crippen molar-refractivity contribution in [3.63, 3.8) is 0 Å². The summed E-state index contributed by atoms with van der Waals surface area (Å²) in [5, 5.41) is -0.228. The molecule has 2 aliphatic rings. The van der Waals surface area contributed by atoms with E-state index in [1.807, 2.05) is 81.8 Å². The van der Waals surface area contributed by atoms with Crippen LogP contribution in [-0.2, 0) is 26.9 Å². The first-order valence-electron chi connectivity index (χ1n) is 16.9. The van der Waals surface area contributed by atoms with Gasteiger partial charge in [0.15, 0.2) is 11.5 Å². The number of fused-ring (bicyclic) bond motifs is 6. The van der Waals surface area contributed by atoms with Crippen LogP contribution in [0.15, 0.2) is 72.8 Å². The van der Waals surface area contributed by atoms with Crippen molar-refractivity contribution in [2.45, 2.75) is 51.7 Å². The van der Waals surface area contributed by atoms with Gasteiger partial charge in [0, 0.05) is 50.4 Å². The van der Waals surface area contributed by atoms with Crippen LogP contribution in [0.25, 0.3) is 22.1 Å². The predicted molar refractivity (Wildman–Crippen MR) is 206 cm³/mol. The average molecular weight is 704 g/mol. The van der Waals surface area contributed by atoms with Gasteiger partial charge in [-0.3, -0.25) is 4.79 Å². The monoisotopic (exact) mass is 703 g/mol. The summed E-state index contributed by atoms with van der Waals surface area (Å²) in [6.07, 6.45) is 3.53. The molecule has 0 N–H and O–H groups in total. The van der Waals surface area contributed by atoms with Crippen LogP contribution in [0.3, 0.4) is 0 Å². The lowest BCUT2D eigenvalue weighted by molar-refractivity contribution is 0.108. The summed E-state index contributed by atoms with van der Waals surface area (Å²) in [5.74, 6) is 3.49. The zero-order valence-electron chi connectivity index (χ0n) is 29.2. The number of hydrogen-bond donors (Lipinski definition) is 1. The third kappa shape index (κ3) is 6.04. The second-order valence-corrected chi connectivity index (χ2v) is 14.0. The molecule has 4 aromatic carbocycles. The fraction of sp³-hybridized carbons (Fsp3) is 0.300. The Labute approximate surface area is 303 Å². The number of benzene rings is 4. The van der Waals surface area contributed by atoms with E-state index >= 15 is 0 Å². The summed E-state index contributed by atoms with van der Waals surface area (Å²) in [6.45, 7) is 3.97. The molecule has 0 radical (unpaired) electrons. The summed E-state index contributed by atoms with van der Waals surface area (Å²) < 4.78 is 16.9. The molecule has 2 atom stereocenters. The first kappa shape index (κ1) is 33.8. The number of carbonyl (C=O) groups excluding carboxylic acids is 1. The fourth-order valence-corrected chi connectivity index (χ4v) is 7.41. The predicted octanol–water partition coefficient (Wildman–Crippen LogP) is 8.20. The maximum Gasteiger partial charge on any atom is 0.216 e. The van der Waals surface area contributed by atoms with Gasteiger partial charge in [0.05, 0.1) is 11.0 Å². The minimum atomic E-state index is -0.228. The summed E-state index contributed by atoms with van der Waals surface area (Å²) >= 11 is 9.76. The van der Waals surface area contributed by atoms with Crippen molar-refractivity contribution in [3.05, 3.63) is 118 Å². The average Bonchev–Trinajstić information content (AvgIpc) is 3.60. The normalized spacial score (nSPS) is 16.5. The highest BCUT2D eigenvalue weighted by atomic mass is 32.1. The molecule has 50 heavy (non-hydrogen) atoms. The van der Waals surface area contributed by atoms with Gasteiger partial charge in [0.25, 0.3) is 0 Å². The molecule has 0 saturated heterocycles. The fourth-order valence-electron chi connectivity index (χ4n) is 7.03. The van der Waals surface area contributed by atoms with Gasteiger partial charge in [-0.05, 0) is 62.8 Å². The van der Waals surface area contributed by atoms with Crippen LogP contribution in [0.2, 0.25) is 0 Å². The van der Waals surface area contributed by atoms with E-state index in [4.69, 9.17) is 26.7 Å². The molecular weight excluding hydrogens is 663 g/mol. The smallest absolute Gasteiger partial charge is 0.216 e. The lowest BCUT2D eigenvalue weighted by atomic mass is 9.93. The minimum Gasteiger partial charge on any atom is -0.483 e. The topological polar surface area (TPSA) is 74.4 Å². The number of imidazole rings is 2. The second kappa shape index (κ2) is 13.6. The first-order chi connectivity index (χ1) is 24.0. The summed E-state index contributed by atoms with van der Waals surface area (Å²) in [5.41, 5.74) is 9.89. The summed E-state index contributed by atoms with van der Waals surface area (Å²) in [4.78, 5) is 24.3. The number of ether oxygens (including phenoxy) is 2. The first-order valence-corrected chi connectivity index (χ1v) is 17.7. The van der Waals surface area contributed by atoms with Crippen molar-refractivity contribution in [2.24, 2.45) is 14.1 Å². The van der Waals surface area contributed by atoms with Gasteiger partial charge in [-0.1, -0.05) is 72.9 Å². The molecule has 0 saturated carbocycles. The van der Waals surface area contributed by atoms with Crippen LogP contribution in [0, 0.1) is 13.8 Å². The summed E-state index contributed by atoms with van der Waals surface area (Å²) in [7, 11) is 7.96. The van der Waals surface area contributed by atoms with Gasteiger partial charge >= 0.3 is 0 Å². The molecule has 2 aliphatic heterocycles. The maximum atomic E-state index is 12.0. The highest BCUT2D eigenvalue weighted by Crippen LogP contribution is 2.43. The zero-order chi connectivity index (χ0) is 35.3. The highest BCUT2D eigenvalue weighted by molar-refractivity contribution is 7.97. The molecule has 8 rings (SSSR count). The Kier molecular flexibility index (Phi) is 9.17. The molecule has 6 aromatic rings. The maximum absolute atomic E-state index is 12.0. The molecule has 10 heteroatoms. The van der Waals surface area contributed by atoms with E-state index in [9.17, 15) is 4.79 Å². The van der Waals surface area contributed by atoms with Crippen molar-refractivity contribution in [1.82, 2.24) is 24.0 Å². The number of rotatable bonds is 4. The van der Waals surface area contributed by atoms with Gasteiger partial charge in [-0.15, -0.1) is 12.6 Å². The highest BCUT2D eigenvalue weighted by Gasteiger charge is 2.30. The van der Waals surface area contributed by atoms with Crippen LogP contribution in [0.1, 0.15) is 74.9 Å². The van der Waals surface area contributed by atoms with E-state index in [0.29, 0.717) is 5.56 Å². The Bertz CT molecular complexity index is 2260. The Morgan fingerprint density at radius 1 is 0.760 bits per heavy atom. The SMILES string of the molecule is Cc1nc2c3c(c(C(=O)S)cc2n1C)CCC(c1ccccc1)O3.Cc1nc2c3c(c(C(=S)N(C)C)cc2n1C)CC[C@@H](c1ccccc1)O3. The number of thiocarbonyl (C=S) groups is 1. The number of aromatic nitrogens is 4. The van der Waals surface area contributed by atoms with E-state index in [2.05, 4.69) is 64.6 Å². The van der Waals surface area contributed by atoms with Gasteiger partial charge in [0.2, 0.25) is 5.12 Å². The molecule has 4 heterocycles. The van der Waals surface area contributed by atoms with E-state index < -0.39 is 0 Å². The van der Waals surface area contributed by atoms with Crippen molar-refractivity contribution >= 4 is 57.0 Å². The largest absolute Gasteiger partial charge is 0.483 e. The van der Waals surface area contributed by atoms with Crippen molar-refractivity contribution in [1.29, 1.82) is 0 Å². The minimum absolute atomic E-state index is 0.0190. The molecule has 0 fully saturated rings. The lowest BCUT2D eigenvalue weighted by Crippen LogP contribution is -2.24. The quantitative estimate of drug-likeness (QED) is 0.147. The Hall–Kier alpha value is -4.67. The zero-order valence-corrected chi connectivity index (χ0v) is 30.9. The molecule has 256 valence electrons. The van der Waals surface area contributed by atoms with Crippen molar-refractivity contribution < 1.29 is 14.3 Å². The molecule has 0 aliphatic carbocycles. The molecule has 0 bridgehead atoms. The van der Waals surface area contributed by atoms with E-state index in [1.54, 1.807) is 0 Å². The molecule has 1 unspecified atom stereocenters. The van der Waals surface area contributed by atoms with Gasteiger partial charge in [-0.25, -0.2) is 9.97 Å². The molecule has 0 amide bonds. The van der Waals surface area contributed by atoms with Crippen LogP contribution in [0.4, 0.5) is 0 Å². The number of nitrogens with zero attached hydrogens (tertiary/aromatic N) is 5. The van der Waals surface area contributed by atoms with Gasteiger partial charge < -0.3 is 23.5 Å². The Morgan fingerprint density at radius 2 is 1.18 bits per heavy atom. The van der Waals surface area contributed by atoms with Crippen LogP contribution in [-0.4, -0.2) is 48.2 Å². The molecule has 8 nitrogen and oxygen atoms in total. The van der Waals surface area contributed by atoms with E-state index in [-0.39, 0.29) is 17.3 Å². The van der Waals surface area contributed by atoms with E-state index in [0.717, 1.165) is 92.6 Å². The lowest BCUT2D eigenvalue weighted by Gasteiger charge is -2.29. The molecule has 0 spiro atoms. The van der Waals surface area contributed by atoms with Crippen LogP contribution < -0.4 is 9.47 Å². The summed E-state index contributed by atoms with van der Waals surface area (Å²) in [6, 6.07) is 24.7.